The molecule has 1 aliphatic rings. The zero-order chi connectivity index (χ0) is 21.7. The van der Waals surface area contributed by atoms with Crippen molar-refractivity contribution in [3.05, 3.63) is 60.2 Å². The van der Waals surface area contributed by atoms with Gasteiger partial charge in [0.2, 0.25) is 5.91 Å². The minimum absolute atomic E-state index is 0.103. The van der Waals surface area contributed by atoms with Crippen molar-refractivity contribution in [2.24, 2.45) is 0 Å². The third kappa shape index (κ3) is 8.59. The molecule has 1 fully saturated rings. The Kier molecular flexibility index (Phi) is 9.67. The lowest BCUT2D eigenvalue weighted by Crippen LogP contribution is -2.46. The molecule has 6 heteroatoms. The summed E-state index contributed by atoms with van der Waals surface area (Å²) in [4.78, 5) is 17.0. The van der Waals surface area contributed by atoms with Crippen LogP contribution in [0.1, 0.15) is 24.8 Å². The highest BCUT2D eigenvalue weighted by atomic mass is 16.5. The Labute approximate surface area is 186 Å². The van der Waals surface area contributed by atoms with E-state index < -0.39 is 0 Å². The van der Waals surface area contributed by atoms with E-state index in [1.165, 1.54) is 5.56 Å². The molecule has 1 saturated heterocycles. The van der Waals surface area contributed by atoms with Gasteiger partial charge in [0.15, 0.2) is 0 Å². The van der Waals surface area contributed by atoms with Crippen LogP contribution >= 0.6 is 0 Å². The lowest BCUT2D eigenvalue weighted by atomic mass is 10.2. The Morgan fingerprint density at radius 1 is 0.903 bits per heavy atom. The zero-order valence-electron chi connectivity index (χ0n) is 18.6. The standard InChI is InChI=1S/C25H35N3O3/c1-30-23-10-12-24(13-11-23)31-20-5-9-25(29)26-14-6-15-27-16-18-28(19-17-27)21-22-7-3-2-4-8-22/h2-4,7-8,10-13H,5-6,9,14-21H2,1H3,(H,26,29). The van der Waals surface area contributed by atoms with E-state index in [1.807, 2.05) is 24.3 Å². The number of hydrogen-bond acceptors (Lipinski definition) is 5. The molecule has 0 unspecified atom stereocenters. The second kappa shape index (κ2) is 13.0. The van der Waals surface area contributed by atoms with Gasteiger partial charge in [0.05, 0.1) is 13.7 Å². The number of amides is 1. The summed E-state index contributed by atoms with van der Waals surface area (Å²) < 4.78 is 10.8. The molecular formula is C25H35N3O3. The minimum atomic E-state index is 0.103. The van der Waals surface area contributed by atoms with Gasteiger partial charge >= 0.3 is 0 Å². The minimum Gasteiger partial charge on any atom is -0.497 e. The number of benzene rings is 2. The highest BCUT2D eigenvalue weighted by Gasteiger charge is 2.16. The fourth-order valence-electron chi connectivity index (χ4n) is 3.73. The van der Waals surface area contributed by atoms with Crippen LogP contribution in [0.25, 0.3) is 0 Å². The molecule has 0 aliphatic carbocycles. The maximum atomic E-state index is 12.0. The van der Waals surface area contributed by atoms with Crippen LogP contribution in [0.2, 0.25) is 0 Å². The largest absolute Gasteiger partial charge is 0.497 e. The summed E-state index contributed by atoms with van der Waals surface area (Å²) >= 11 is 0. The zero-order valence-corrected chi connectivity index (χ0v) is 18.6. The topological polar surface area (TPSA) is 54.0 Å². The first kappa shape index (κ1) is 23.1. The number of nitrogens with zero attached hydrogens (tertiary/aromatic N) is 2. The van der Waals surface area contributed by atoms with E-state index in [1.54, 1.807) is 7.11 Å². The maximum absolute atomic E-state index is 12.0. The van der Waals surface area contributed by atoms with Crippen LogP contribution in [0, 0.1) is 0 Å². The van der Waals surface area contributed by atoms with Gasteiger partial charge in [-0.25, -0.2) is 0 Å². The molecule has 2 aromatic carbocycles. The summed E-state index contributed by atoms with van der Waals surface area (Å²) in [6.07, 6.45) is 2.20. The number of hydrogen-bond donors (Lipinski definition) is 1. The van der Waals surface area contributed by atoms with E-state index in [2.05, 4.69) is 45.4 Å². The number of methoxy groups -OCH3 is 1. The average Bonchev–Trinajstić information content (AvgIpc) is 2.82. The molecule has 1 amide bonds. The van der Waals surface area contributed by atoms with Gasteiger partial charge in [-0.05, 0) is 49.2 Å². The first-order valence-electron chi connectivity index (χ1n) is 11.2. The summed E-state index contributed by atoms with van der Waals surface area (Å²) in [5.41, 5.74) is 1.38. The Bertz CT molecular complexity index is 759. The van der Waals surface area contributed by atoms with Crippen molar-refractivity contribution in [1.82, 2.24) is 15.1 Å². The second-order valence-electron chi connectivity index (χ2n) is 7.93. The van der Waals surface area contributed by atoms with E-state index in [9.17, 15) is 4.79 Å². The van der Waals surface area contributed by atoms with E-state index in [0.29, 0.717) is 19.4 Å². The third-order valence-electron chi connectivity index (χ3n) is 5.56. The van der Waals surface area contributed by atoms with Crippen molar-refractivity contribution in [1.29, 1.82) is 0 Å². The van der Waals surface area contributed by atoms with Gasteiger partial charge in [-0.3, -0.25) is 9.69 Å². The Hall–Kier alpha value is -2.57. The highest BCUT2D eigenvalue weighted by Crippen LogP contribution is 2.17. The molecule has 3 rings (SSSR count). The van der Waals surface area contributed by atoms with Gasteiger partial charge in [-0.15, -0.1) is 0 Å². The van der Waals surface area contributed by atoms with Crippen LogP contribution in [0.4, 0.5) is 0 Å². The molecule has 1 aliphatic heterocycles. The molecular weight excluding hydrogens is 390 g/mol. The lowest BCUT2D eigenvalue weighted by molar-refractivity contribution is -0.121. The first-order chi connectivity index (χ1) is 15.2. The summed E-state index contributed by atoms with van der Waals surface area (Å²) in [5.74, 6) is 1.71. The number of carbonyl (C=O) groups excluding carboxylic acids is 1. The first-order valence-corrected chi connectivity index (χ1v) is 11.2. The Balaban J connectivity index is 1.18. The molecule has 0 atom stereocenters. The van der Waals surface area contributed by atoms with Crippen LogP contribution in [0.15, 0.2) is 54.6 Å². The van der Waals surface area contributed by atoms with Crippen molar-refractivity contribution in [2.75, 3.05) is 53.0 Å². The van der Waals surface area contributed by atoms with E-state index in [-0.39, 0.29) is 5.91 Å². The van der Waals surface area contributed by atoms with Gasteiger partial charge in [0, 0.05) is 45.7 Å². The summed E-state index contributed by atoms with van der Waals surface area (Å²) in [5, 5.41) is 3.03. The van der Waals surface area contributed by atoms with E-state index in [4.69, 9.17) is 9.47 Å². The smallest absolute Gasteiger partial charge is 0.220 e. The van der Waals surface area contributed by atoms with Crippen molar-refractivity contribution < 1.29 is 14.3 Å². The number of carbonyl (C=O) groups is 1. The van der Waals surface area contributed by atoms with Crippen LogP contribution in [0.3, 0.4) is 0 Å². The molecule has 6 nitrogen and oxygen atoms in total. The van der Waals surface area contributed by atoms with Crippen LogP contribution in [-0.4, -0.2) is 68.7 Å². The van der Waals surface area contributed by atoms with Crippen molar-refractivity contribution in [2.45, 2.75) is 25.8 Å². The highest BCUT2D eigenvalue weighted by molar-refractivity contribution is 5.75. The molecule has 168 valence electrons. The maximum Gasteiger partial charge on any atom is 0.220 e. The number of piperazine rings is 1. The lowest BCUT2D eigenvalue weighted by Gasteiger charge is -2.34. The van der Waals surface area contributed by atoms with Crippen LogP contribution in [0.5, 0.6) is 11.5 Å². The Morgan fingerprint density at radius 2 is 1.58 bits per heavy atom. The summed E-state index contributed by atoms with van der Waals surface area (Å²) in [6.45, 7) is 7.76. The summed E-state index contributed by atoms with van der Waals surface area (Å²) in [7, 11) is 1.64. The third-order valence-corrected chi connectivity index (χ3v) is 5.56. The number of nitrogens with one attached hydrogen (secondary N) is 1. The molecule has 0 bridgehead atoms. The molecule has 0 saturated carbocycles. The normalized spacial score (nSPS) is 14.9. The average molecular weight is 426 g/mol. The molecule has 2 aromatic rings. The molecule has 0 aromatic heterocycles. The van der Waals surface area contributed by atoms with Crippen molar-refractivity contribution in [3.8, 4) is 11.5 Å². The fourth-order valence-corrected chi connectivity index (χ4v) is 3.73. The molecule has 1 heterocycles. The number of ether oxygens (including phenoxy) is 2. The molecule has 31 heavy (non-hydrogen) atoms. The van der Waals surface area contributed by atoms with Crippen molar-refractivity contribution >= 4 is 5.91 Å². The predicted molar refractivity (Wildman–Crippen MR) is 124 cm³/mol. The van der Waals surface area contributed by atoms with Gasteiger partial charge < -0.3 is 19.7 Å². The fraction of sp³-hybridized carbons (Fsp3) is 0.480. The van der Waals surface area contributed by atoms with Gasteiger partial charge in [-0.2, -0.15) is 0 Å². The molecule has 0 spiro atoms. The number of rotatable bonds is 12. The predicted octanol–water partition coefficient (Wildman–Crippen LogP) is 3.18. The van der Waals surface area contributed by atoms with Crippen LogP contribution in [-0.2, 0) is 11.3 Å². The van der Waals surface area contributed by atoms with Gasteiger partial charge in [-0.1, -0.05) is 30.3 Å². The monoisotopic (exact) mass is 425 g/mol. The molecule has 1 N–H and O–H groups in total. The van der Waals surface area contributed by atoms with Crippen molar-refractivity contribution in [3.63, 3.8) is 0 Å². The SMILES string of the molecule is COc1ccc(OCCCC(=O)NCCCN2CCN(Cc3ccccc3)CC2)cc1. The van der Waals surface area contributed by atoms with Gasteiger partial charge in [0.25, 0.3) is 0 Å². The van der Waals surface area contributed by atoms with E-state index in [0.717, 1.165) is 63.7 Å². The second-order valence-corrected chi connectivity index (χ2v) is 7.93. The Morgan fingerprint density at radius 3 is 2.29 bits per heavy atom. The summed E-state index contributed by atoms with van der Waals surface area (Å²) in [6, 6.07) is 18.1. The molecule has 0 radical (unpaired) electrons. The van der Waals surface area contributed by atoms with Gasteiger partial charge in [0.1, 0.15) is 11.5 Å². The quantitative estimate of drug-likeness (QED) is 0.530. The van der Waals surface area contributed by atoms with E-state index >= 15 is 0 Å². The van der Waals surface area contributed by atoms with Crippen LogP contribution < -0.4 is 14.8 Å².